The summed E-state index contributed by atoms with van der Waals surface area (Å²) in [4.78, 5) is 3.22. The fourth-order valence-corrected chi connectivity index (χ4v) is 2.57. The summed E-state index contributed by atoms with van der Waals surface area (Å²) in [7, 11) is 2.24. The summed E-state index contributed by atoms with van der Waals surface area (Å²) in [6, 6.07) is 5.33. The van der Waals surface area contributed by atoms with Crippen molar-refractivity contribution >= 4 is 15.9 Å². The van der Waals surface area contributed by atoms with Crippen LogP contribution in [-0.4, -0.2) is 33.2 Å². The van der Waals surface area contributed by atoms with E-state index in [0.717, 1.165) is 6.54 Å². The molecule has 0 saturated carbocycles. The number of hydrogen-bond donors (Lipinski definition) is 2. The zero-order valence-electron chi connectivity index (χ0n) is 9.52. The second kappa shape index (κ2) is 5.25. The van der Waals surface area contributed by atoms with E-state index in [1.165, 1.54) is 31.7 Å². The van der Waals surface area contributed by atoms with Crippen LogP contribution in [0.25, 0.3) is 0 Å². The average Bonchev–Trinajstić information content (AvgIpc) is 2.27. The minimum absolute atomic E-state index is 0.179. The van der Waals surface area contributed by atoms with E-state index in [0.29, 0.717) is 4.47 Å². The minimum Gasteiger partial charge on any atom is -0.328 e. The van der Waals surface area contributed by atoms with Gasteiger partial charge in [-0.1, -0.05) is 6.07 Å². The van der Waals surface area contributed by atoms with E-state index < -0.39 is 0 Å². The van der Waals surface area contributed by atoms with E-state index in [1.54, 1.807) is 15.9 Å². The number of halogens is 2. The molecule has 2 nitrogen and oxygen atoms in total. The smallest absolute Gasteiger partial charge is 0.137 e. The van der Waals surface area contributed by atoms with Crippen LogP contribution in [0, 0.1) is 5.82 Å². The topological polar surface area (TPSA) is 8.88 Å². The summed E-state index contributed by atoms with van der Waals surface area (Å²) in [5.41, 5.74) is 1.21. The summed E-state index contributed by atoms with van der Waals surface area (Å²) >= 11 is 3.23. The van der Waals surface area contributed by atoms with Crippen molar-refractivity contribution < 1.29 is 14.2 Å². The monoisotopic (exact) mass is 288 g/mol. The molecule has 4 heteroatoms. The minimum atomic E-state index is -0.179. The van der Waals surface area contributed by atoms with Crippen molar-refractivity contribution in [2.24, 2.45) is 0 Å². The van der Waals surface area contributed by atoms with E-state index in [2.05, 4.69) is 23.0 Å². The molecule has 0 amide bonds. The van der Waals surface area contributed by atoms with Gasteiger partial charge in [-0.25, -0.2) is 4.39 Å². The summed E-state index contributed by atoms with van der Waals surface area (Å²) in [6.07, 6.45) is 0. The molecule has 2 N–H and O–H groups in total. The number of rotatable bonds is 2. The highest BCUT2D eigenvalue weighted by molar-refractivity contribution is 9.10. The molecule has 1 heterocycles. The van der Waals surface area contributed by atoms with Gasteiger partial charge >= 0.3 is 0 Å². The van der Waals surface area contributed by atoms with Crippen molar-refractivity contribution in [3.8, 4) is 0 Å². The highest BCUT2D eigenvalue weighted by atomic mass is 79.9. The van der Waals surface area contributed by atoms with Crippen molar-refractivity contribution in [3.63, 3.8) is 0 Å². The quantitative estimate of drug-likeness (QED) is 0.726. The molecule has 1 aromatic rings. The number of quaternary nitrogens is 2. The van der Waals surface area contributed by atoms with Gasteiger partial charge in [0.1, 0.15) is 38.5 Å². The third kappa shape index (κ3) is 3.03. The lowest BCUT2D eigenvalue weighted by molar-refractivity contribution is -1.01. The molecule has 0 spiro atoms. The molecule has 1 saturated heterocycles. The molecule has 0 aromatic heterocycles. The normalized spacial score (nSPS) is 25.7. The predicted molar refractivity (Wildman–Crippen MR) is 65.1 cm³/mol. The van der Waals surface area contributed by atoms with Crippen LogP contribution >= 0.6 is 15.9 Å². The second-order valence-corrected chi connectivity index (χ2v) is 5.49. The maximum absolute atomic E-state index is 13.1. The summed E-state index contributed by atoms with van der Waals surface area (Å²) in [5, 5.41) is 0. The van der Waals surface area contributed by atoms with Crippen molar-refractivity contribution in [1.29, 1.82) is 0 Å². The SMILES string of the molecule is C[NH+]1CC[NH+](Cc2ccc(F)c(Br)c2)CC1. The molecule has 1 aliphatic heterocycles. The summed E-state index contributed by atoms with van der Waals surface area (Å²) in [6.45, 7) is 5.89. The molecular formula is C12H18BrFN2+2. The van der Waals surface area contributed by atoms with Crippen LogP contribution in [0.15, 0.2) is 22.7 Å². The Kier molecular flexibility index (Phi) is 3.95. The lowest BCUT2D eigenvalue weighted by Crippen LogP contribution is -3.26. The molecule has 0 atom stereocenters. The molecule has 0 aliphatic carbocycles. The van der Waals surface area contributed by atoms with Gasteiger partial charge in [-0.15, -0.1) is 0 Å². The molecule has 88 valence electrons. The molecule has 1 aliphatic rings. The predicted octanol–water partition coefficient (Wildman–Crippen LogP) is -0.499. The van der Waals surface area contributed by atoms with Gasteiger partial charge in [0.05, 0.1) is 11.5 Å². The first kappa shape index (κ1) is 12.0. The van der Waals surface area contributed by atoms with Gasteiger partial charge in [-0.2, -0.15) is 0 Å². The molecule has 0 radical (unpaired) electrons. The molecular weight excluding hydrogens is 271 g/mol. The number of nitrogens with one attached hydrogen (secondary N) is 2. The fraction of sp³-hybridized carbons (Fsp3) is 0.500. The standard InChI is InChI=1S/C12H16BrFN2/c1-15-4-6-16(7-5-15)9-10-2-3-12(14)11(13)8-10/h2-3,8H,4-7,9H2,1H3/p+2. The van der Waals surface area contributed by atoms with E-state index in [1.807, 2.05) is 12.1 Å². The van der Waals surface area contributed by atoms with Gasteiger partial charge in [0.15, 0.2) is 0 Å². The Morgan fingerprint density at radius 3 is 2.56 bits per heavy atom. The van der Waals surface area contributed by atoms with E-state index >= 15 is 0 Å². The van der Waals surface area contributed by atoms with Gasteiger partial charge in [-0.3, -0.25) is 0 Å². The zero-order chi connectivity index (χ0) is 11.5. The lowest BCUT2D eigenvalue weighted by atomic mass is 10.2. The third-order valence-electron chi connectivity index (χ3n) is 3.25. The highest BCUT2D eigenvalue weighted by Gasteiger charge is 2.19. The van der Waals surface area contributed by atoms with Gasteiger partial charge in [-0.05, 0) is 28.1 Å². The Balaban J connectivity index is 1.96. The van der Waals surface area contributed by atoms with Crippen LogP contribution in [0.2, 0.25) is 0 Å². The zero-order valence-corrected chi connectivity index (χ0v) is 11.1. The van der Waals surface area contributed by atoms with Crippen LogP contribution in [-0.2, 0) is 6.54 Å². The van der Waals surface area contributed by atoms with E-state index in [9.17, 15) is 4.39 Å². The Morgan fingerprint density at radius 1 is 1.25 bits per heavy atom. The number of likely N-dealkylation sites (N-methyl/N-ethyl adjacent to an activating group) is 1. The van der Waals surface area contributed by atoms with Crippen molar-refractivity contribution in [3.05, 3.63) is 34.1 Å². The molecule has 2 rings (SSSR count). The van der Waals surface area contributed by atoms with Gasteiger partial charge in [0.25, 0.3) is 0 Å². The van der Waals surface area contributed by atoms with Crippen LogP contribution in [0.5, 0.6) is 0 Å². The highest BCUT2D eigenvalue weighted by Crippen LogP contribution is 2.16. The second-order valence-electron chi connectivity index (χ2n) is 4.63. The van der Waals surface area contributed by atoms with Crippen LogP contribution in [0.3, 0.4) is 0 Å². The Hall–Kier alpha value is -0.450. The molecule has 16 heavy (non-hydrogen) atoms. The average molecular weight is 289 g/mol. The number of piperazine rings is 1. The number of hydrogen-bond acceptors (Lipinski definition) is 0. The first-order chi connectivity index (χ1) is 7.65. The van der Waals surface area contributed by atoms with E-state index in [4.69, 9.17) is 0 Å². The van der Waals surface area contributed by atoms with Crippen LogP contribution in [0.4, 0.5) is 4.39 Å². The van der Waals surface area contributed by atoms with Crippen molar-refractivity contribution in [1.82, 2.24) is 0 Å². The molecule has 1 fully saturated rings. The Labute approximate surface area is 104 Å². The van der Waals surface area contributed by atoms with Gasteiger partial charge in [0.2, 0.25) is 0 Å². The lowest BCUT2D eigenvalue weighted by Gasteiger charge is -2.27. The fourth-order valence-electron chi connectivity index (χ4n) is 2.15. The van der Waals surface area contributed by atoms with Crippen LogP contribution in [0.1, 0.15) is 5.56 Å². The Morgan fingerprint density at radius 2 is 1.94 bits per heavy atom. The summed E-state index contributed by atoms with van der Waals surface area (Å²) in [5.74, 6) is -0.179. The van der Waals surface area contributed by atoms with Gasteiger partial charge in [0, 0.05) is 5.56 Å². The maximum atomic E-state index is 13.1. The first-order valence-corrected chi connectivity index (χ1v) is 6.53. The van der Waals surface area contributed by atoms with Crippen LogP contribution < -0.4 is 9.80 Å². The first-order valence-electron chi connectivity index (χ1n) is 5.74. The molecule has 0 bridgehead atoms. The third-order valence-corrected chi connectivity index (χ3v) is 3.86. The van der Waals surface area contributed by atoms with Gasteiger partial charge < -0.3 is 9.80 Å². The molecule has 0 unspecified atom stereocenters. The summed E-state index contributed by atoms with van der Waals surface area (Å²) < 4.78 is 13.6. The largest absolute Gasteiger partial charge is 0.328 e. The van der Waals surface area contributed by atoms with Crippen molar-refractivity contribution in [2.45, 2.75) is 6.54 Å². The molecule has 1 aromatic carbocycles. The maximum Gasteiger partial charge on any atom is 0.137 e. The Bertz CT molecular complexity index is 362. The van der Waals surface area contributed by atoms with Crippen molar-refractivity contribution in [2.75, 3.05) is 33.2 Å². The number of benzene rings is 1. The van der Waals surface area contributed by atoms with E-state index in [-0.39, 0.29) is 5.82 Å².